The summed E-state index contributed by atoms with van der Waals surface area (Å²) in [5.41, 5.74) is 1.02. The van der Waals surface area contributed by atoms with Gasteiger partial charge in [-0.3, -0.25) is 19.7 Å². The summed E-state index contributed by atoms with van der Waals surface area (Å²) in [7, 11) is 0. The molecule has 0 aromatic heterocycles. The van der Waals surface area contributed by atoms with Gasteiger partial charge in [-0.1, -0.05) is 55.3 Å². The molecular formula is C22H25NO5S. The number of carbonyl (C=O) groups is 3. The Morgan fingerprint density at radius 2 is 1.72 bits per heavy atom. The fourth-order valence-corrected chi connectivity index (χ4v) is 4.19. The highest BCUT2D eigenvalue weighted by Gasteiger charge is 2.31. The Labute approximate surface area is 174 Å². The maximum Gasteiger partial charge on any atom is 0.303 e. The van der Waals surface area contributed by atoms with E-state index in [2.05, 4.69) is 5.32 Å². The van der Waals surface area contributed by atoms with Crippen LogP contribution in [0.25, 0.3) is 10.8 Å². The Morgan fingerprint density at radius 3 is 2.48 bits per heavy atom. The Kier molecular flexibility index (Phi) is 7.52. The highest BCUT2D eigenvalue weighted by Crippen LogP contribution is 2.26. The number of nitrogens with one attached hydrogen (secondary N) is 1. The first-order valence-electron chi connectivity index (χ1n) is 9.90. The lowest BCUT2D eigenvalue weighted by Crippen LogP contribution is -2.25. The van der Waals surface area contributed by atoms with E-state index in [1.54, 1.807) is 0 Å². The van der Waals surface area contributed by atoms with Crippen molar-refractivity contribution in [1.29, 1.82) is 0 Å². The molecule has 0 bridgehead atoms. The molecule has 1 aliphatic heterocycles. The maximum absolute atomic E-state index is 11.7. The summed E-state index contributed by atoms with van der Waals surface area (Å²) in [6, 6.07) is 12.0. The molecular weight excluding hydrogens is 390 g/mol. The van der Waals surface area contributed by atoms with E-state index in [4.69, 9.17) is 9.84 Å². The first kappa shape index (κ1) is 21.2. The number of carboxylic acids is 1. The van der Waals surface area contributed by atoms with Gasteiger partial charge in [0.05, 0.1) is 11.9 Å². The van der Waals surface area contributed by atoms with Crippen LogP contribution in [0.5, 0.6) is 5.75 Å². The first-order chi connectivity index (χ1) is 14.0. The fourth-order valence-electron chi connectivity index (χ4n) is 3.33. The predicted octanol–water partition coefficient (Wildman–Crippen LogP) is 4.54. The summed E-state index contributed by atoms with van der Waals surface area (Å²) in [6.45, 7) is 0.643. The van der Waals surface area contributed by atoms with Gasteiger partial charge in [0, 0.05) is 6.42 Å². The van der Waals surface area contributed by atoms with Gasteiger partial charge in [-0.05, 0) is 47.7 Å². The topological polar surface area (TPSA) is 92.7 Å². The Morgan fingerprint density at radius 1 is 1.00 bits per heavy atom. The van der Waals surface area contributed by atoms with Crippen molar-refractivity contribution in [2.24, 2.45) is 0 Å². The highest BCUT2D eigenvalue weighted by molar-refractivity contribution is 8.15. The zero-order chi connectivity index (χ0) is 20.6. The number of benzene rings is 2. The van der Waals surface area contributed by atoms with Gasteiger partial charge in [0.15, 0.2) is 0 Å². The molecule has 1 fully saturated rings. The number of carboxylic acid groups (broad SMARTS) is 1. The van der Waals surface area contributed by atoms with Crippen LogP contribution in [0.15, 0.2) is 36.4 Å². The molecule has 6 nitrogen and oxygen atoms in total. The van der Waals surface area contributed by atoms with Gasteiger partial charge >= 0.3 is 5.97 Å². The number of hydrogen-bond donors (Lipinski definition) is 2. The summed E-state index contributed by atoms with van der Waals surface area (Å²) in [6.07, 6.45) is 5.47. The molecule has 0 aliphatic carbocycles. The SMILES string of the molecule is O=C(O)CCCCCCCOc1ccc2cc(CC3SC(=O)NC3=O)ccc2c1. The number of thioether (sulfide) groups is 1. The van der Waals surface area contributed by atoms with Gasteiger partial charge < -0.3 is 9.84 Å². The van der Waals surface area contributed by atoms with Crippen LogP contribution in [0.3, 0.4) is 0 Å². The molecule has 2 N–H and O–H groups in total. The largest absolute Gasteiger partial charge is 0.494 e. The van der Waals surface area contributed by atoms with Crippen LogP contribution in [0.1, 0.15) is 44.1 Å². The molecule has 1 aliphatic rings. The minimum absolute atomic E-state index is 0.217. The van der Waals surface area contributed by atoms with Crippen molar-refractivity contribution in [3.63, 3.8) is 0 Å². The van der Waals surface area contributed by atoms with Gasteiger partial charge in [-0.2, -0.15) is 0 Å². The quantitative estimate of drug-likeness (QED) is 0.524. The molecule has 0 radical (unpaired) electrons. The van der Waals surface area contributed by atoms with E-state index in [-0.39, 0.29) is 22.8 Å². The zero-order valence-corrected chi connectivity index (χ0v) is 17.0. The van der Waals surface area contributed by atoms with Crippen LogP contribution in [0.2, 0.25) is 0 Å². The second-order valence-corrected chi connectivity index (χ2v) is 8.37. The van der Waals surface area contributed by atoms with E-state index in [0.717, 1.165) is 66.0 Å². The zero-order valence-electron chi connectivity index (χ0n) is 16.2. The van der Waals surface area contributed by atoms with Gasteiger partial charge in [0.2, 0.25) is 5.91 Å². The smallest absolute Gasteiger partial charge is 0.303 e. The molecule has 7 heteroatoms. The number of carbonyl (C=O) groups excluding carboxylic acids is 2. The number of amides is 2. The number of hydrogen-bond acceptors (Lipinski definition) is 5. The number of rotatable bonds is 11. The van der Waals surface area contributed by atoms with E-state index in [9.17, 15) is 14.4 Å². The Bertz CT molecular complexity index is 898. The molecule has 3 rings (SSSR count). The van der Waals surface area contributed by atoms with E-state index >= 15 is 0 Å². The number of ether oxygens (including phenoxy) is 1. The molecule has 1 unspecified atom stereocenters. The van der Waals surface area contributed by atoms with Crippen molar-refractivity contribution in [3.05, 3.63) is 42.0 Å². The maximum atomic E-state index is 11.7. The third-order valence-corrected chi connectivity index (χ3v) is 5.85. The summed E-state index contributed by atoms with van der Waals surface area (Å²) in [4.78, 5) is 33.5. The third-order valence-electron chi connectivity index (χ3n) is 4.87. The van der Waals surface area contributed by atoms with Gasteiger partial charge in [0.25, 0.3) is 5.24 Å². The average Bonchev–Trinajstić information content (AvgIpc) is 3.00. The van der Waals surface area contributed by atoms with Crippen LogP contribution < -0.4 is 10.1 Å². The minimum Gasteiger partial charge on any atom is -0.494 e. The predicted molar refractivity (Wildman–Crippen MR) is 113 cm³/mol. The van der Waals surface area contributed by atoms with E-state index < -0.39 is 5.97 Å². The number of unbranched alkanes of at least 4 members (excludes halogenated alkanes) is 4. The fraction of sp³-hybridized carbons (Fsp3) is 0.409. The van der Waals surface area contributed by atoms with Crippen LogP contribution >= 0.6 is 11.8 Å². The van der Waals surface area contributed by atoms with Crippen LogP contribution in [0, 0.1) is 0 Å². The molecule has 2 aromatic rings. The number of fused-ring (bicyclic) bond motifs is 1. The molecule has 1 heterocycles. The molecule has 1 atom stereocenters. The molecule has 2 aromatic carbocycles. The van der Waals surface area contributed by atoms with Gasteiger partial charge in [-0.15, -0.1) is 0 Å². The lowest BCUT2D eigenvalue weighted by Gasteiger charge is -2.09. The van der Waals surface area contributed by atoms with Gasteiger partial charge in [-0.25, -0.2) is 0 Å². The van der Waals surface area contributed by atoms with Crippen molar-refractivity contribution in [2.45, 2.75) is 50.2 Å². The minimum atomic E-state index is -0.727. The molecule has 154 valence electrons. The lowest BCUT2D eigenvalue weighted by molar-refractivity contribution is -0.137. The second kappa shape index (κ2) is 10.3. The molecule has 0 saturated carbocycles. The highest BCUT2D eigenvalue weighted by atomic mass is 32.2. The van der Waals surface area contributed by atoms with Crippen molar-refractivity contribution < 1.29 is 24.2 Å². The molecule has 0 spiro atoms. The summed E-state index contributed by atoms with van der Waals surface area (Å²) in [5.74, 6) is -0.118. The normalized spacial score (nSPS) is 16.2. The monoisotopic (exact) mass is 415 g/mol. The summed E-state index contributed by atoms with van der Waals surface area (Å²) in [5, 5.41) is 12.4. The summed E-state index contributed by atoms with van der Waals surface area (Å²) >= 11 is 1.05. The Hall–Kier alpha value is -2.54. The molecule has 2 amide bonds. The van der Waals surface area contributed by atoms with Crippen molar-refractivity contribution in [1.82, 2.24) is 5.32 Å². The lowest BCUT2D eigenvalue weighted by atomic mass is 10.0. The van der Waals surface area contributed by atoms with Gasteiger partial charge in [0.1, 0.15) is 5.75 Å². The van der Waals surface area contributed by atoms with Crippen LogP contribution in [-0.4, -0.2) is 34.1 Å². The average molecular weight is 416 g/mol. The van der Waals surface area contributed by atoms with E-state index in [0.29, 0.717) is 13.0 Å². The third kappa shape index (κ3) is 6.49. The Balaban J connectivity index is 1.45. The van der Waals surface area contributed by atoms with Crippen molar-refractivity contribution in [2.75, 3.05) is 6.61 Å². The second-order valence-electron chi connectivity index (χ2n) is 7.19. The number of aliphatic carboxylic acids is 1. The molecule has 1 saturated heterocycles. The standard InChI is InChI=1S/C22H25NO5S/c24-20(25)6-4-2-1-3-5-11-28-18-10-9-16-12-15(7-8-17(16)14-18)13-19-21(26)23-22(27)29-19/h7-10,12,14,19H,1-6,11,13H2,(H,24,25)(H,23,26,27). The van der Waals surface area contributed by atoms with Crippen LogP contribution in [-0.2, 0) is 16.0 Å². The first-order valence-corrected chi connectivity index (χ1v) is 10.8. The van der Waals surface area contributed by atoms with E-state index in [1.165, 1.54) is 0 Å². The number of imide groups is 1. The molecule has 29 heavy (non-hydrogen) atoms. The van der Waals surface area contributed by atoms with Crippen molar-refractivity contribution >= 4 is 39.7 Å². The van der Waals surface area contributed by atoms with Crippen LogP contribution in [0.4, 0.5) is 4.79 Å². The van der Waals surface area contributed by atoms with E-state index in [1.807, 2.05) is 36.4 Å². The summed E-state index contributed by atoms with van der Waals surface area (Å²) < 4.78 is 5.83. The van der Waals surface area contributed by atoms with Crippen molar-refractivity contribution in [3.8, 4) is 5.75 Å².